The minimum Gasteiger partial charge on any atom is -0.357 e. The maximum atomic E-state index is 4.90. The molecule has 2 rings (SSSR count). The van der Waals surface area contributed by atoms with E-state index < -0.39 is 0 Å². The summed E-state index contributed by atoms with van der Waals surface area (Å²) in [6, 6.07) is 5.24. The highest BCUT2D eigenvalue weighted by Crippen LogP contribution is 2.28. The van der Waals surface area contributed by atoms with Crippen molar-refractivity contribution in [1.29, 1.82) is 0 Å². The number of thiophene rings is 1. The highest BCUT2D eigenvalue weighted by molar-refractivity contribution is 7.10. The number of nitrogens with one attached hydrogen (secondary N) is 2. The van der Waals surface area contributed by atoms with Gasteiger partial charge in [0.25, 0.3) is 0 Å². The summed E-state index contributed by atoms with van der Waals surface area (Å²) in [4.78, 5) is 8.92. The van der Waals surface area contributed by atoms with Gasteiger partial charge in [-0.15, -0.1) is 11.3 Å². The Morgan fingerprint density at radius 2 is 2.04 bits per heavy atom. The molecule has 0 amide bonds. The zero-order chi connectivity index (χ0) is 16.7. The molecule has 0 saturated carbocycles. The van der Waals surface area contributed by atoms with Gasteiger partial charge in [0, 0.05) is 17.5 Å². The molecule has 1 aromatic heterocycles. The second-order valence-corrected chi connectivity index (χ2v) is 7.65. The van der Waals surface area contributed by atoms with Crippen molar-refractivity contribution in [2.45, 2.75) is 52.6 Å². The lowest BCUT2D eigenvalue weighted by Crippen LogP contribution is -2.44. The monoisotopic (exact) mass is 336 g/mol. The highest BCUT2D eigenvalue weighted by Gasteiger charge is 2.24. The van der Waals surface area contributed by atoms with Gasteiger partial charge in [-0.2, -0.15) is 0 Å². The summed E-state index contributed by atoms with van der Waals surface area (Å²) in [5, 5.41) is 9.09. The van der Waals surface area contributed by atoms with Crippen LogP contribution in [-0.2, 0) is 0 Å². The molecule has 2 heterocycles. The largest absolute Gasteiger partial charge is 0.357 e. The molecular weight excluding hydrogens is 304 g/mol. The number of likely N-dealkylation sites (tertiary alicyclic amines) is 1. The van der Waals surface area contributed by atoms with Gasteiger partial charge in [0.1, 0.15) is 0 Å². The standard InChI is InChI=1S/C18H32N4S/c1-5-19-18(21-15(4)14(2)3)20-13-16(17-9-8-12-23-17)22-10-6-7-11-22/h8-9,12,14-16H,5-7,10-11,13H2,1-4H3,(H2,19,20,21). The Morgan fingerprint density at radius 3 is 2.61 bits per heavy atom. The molecule has 130 valence electrons. The molecule has 5 heteroatoms. The minimum atomic E-state index is 0.416. The fourth-order valence-corrected chi connectivity index (χ4v) is 3.65. The molecule has 1 saturated heterocycles. The first-order valence-electron chi connectivity index (χ1n) is 8.94. The molecule has 0 spiro atoms. The van der Waals surface area contributed by atoms with E-state index in [2.05, 4.69) is 60.7 Å². The number of guanidine groups is 1. The van der Waals surface area contributed by atoms with Crippen molar-refractivity contribution in [2.24, 2.45) is 10.9 Å². The van der Waals surface area contributed by atoms with E-state index >= 15 is 0 Å². The molecule has 1 aliphatic heterocycles. The summed E-state index contributed by atoms with van der Waals surface area (Å²) < 4.78 is 0. The topological polar surface area (TPSA) is 39.7 Å². The molecule has 1 aliphatic rings. The van der Waals surface area contributed by atoms with Crippen LogP contribution in [0.15, 0.2) is 22.5 Å². The van der Waals surface area contributed by atoms with Crippen LogP contribution in [0.1, 0.15) is 51.5 Å². The van der Waals surface area contributed by atoms with Gasteiger partial charge >= 0.3 is 0 Å². The van der Waals surface area contributed by atoms with Gasteiger partial charge in [-0.1, -0.05) is 19.9 Å². The third kappa shape index (κ3) is 5.50. The van der Waals surface area contributed by atoms with Crippen molar-refractivity contribution in [2.75, 3.05) is 26.2 Å². The molecule has 4 nitrogen and oxygen atoms in total. The van der Waals surface area contributed by atoms with E-state index in [1.807, 2.05) is 11.3 Å². The van der Waals surface area contributed by atoms with Crippen LogP contribution in [0.25, 0.3) is 0 Å². The van der Waals surface area contributed by atoms with Crippen molar-refractivity contribution in [3.63, 3.8) is 0 Å². The SMILES string of the molecule is CCNC(=NCC(c1cccs1)N1CCCC1)NC(C)C(C)C. The first-order chi connectivity index (χ1) is 11.1. The minimum absolute atomic E-state index is 0.416. The highest BCUT2D eigenvalue weighted by atomic mass is 32.1. The maximum absolute atomic E-state index is 4.90. The van der Waals surface area contributed by atoms with Crippen LogP contribution in [0.5, 0.6) is 0 Å². The van der Waals surface area contributed by atoms with E-state index in [4.69, 9.17) is 4.99 Å². The molecule has 2 unspecified atom stereocenters. The number of aliphatic imine (C=N–C) groups is 1. The van der Waals surface area contributed by atoms with Gasteiger partial charge in [-0.25, -0.2) is 0 Å². The number of hydrogen-bond donors (Lipinski definition) is 2. The molecule has 1 aromatic rings. The van der Waals surface area contributed by atoms with Gasteiger partial charge in [0.15, 0.2) is 5.96 Å². The average molecular weight is 337 g/mol. The van der Waals surface area contributed by atoms with Crippen LogP contribution in [0.2, 0.25) is 0 Å². The van der Waals surface area contributed by atoms with E-state index in [-0.39, 0.29) is 0 Å². The number of nitrogens with zero attached hydrogens (tertiary/aromatic N) is 2. The smallest absolute Gasteiger partial charge is 0.191 e. The zero-order valence-corrected chi connectivity index (χ0v) is 15.8. The first-order valence-corrected chi connectivity index (χ1v) is 9.82. The summed E-state index contributed by atoms with van der Waals surface area (Å²) in [5.41, 5.74) is 0. The summed E-state index contributed by atoms with van der Waals surface area (Å²) in [6.07, 6.45) is 2.63. The molecule has 0 aliphatic carbocycles. The summed E-state index contributed by atoms with van der Waals surface area (Å²) >= 11 is 1.85. The van der Waals surface area contributed by atoms with Gasteiger partial charge < -0.3 is 10.6 Å². The first kappa shape index (κ1) is 18.3. The fraction of sp³-hybridized carbons (Fsp3) is 0.722. The average Bonchev–Trinajstić information content (AvgIpc) is 3.21. The molecule has 23 heavy (non-hydrogen) atoms. The van der Waals surface area contributed by atoms with Gasteiger partial charge in [0.2, 0.25) is 0 Å². The van der Waals surface area contributed by atoms with Gasteiger partial charge in [-0.3, -0.25) is 9.89 Å². The predicted molar refractivity (Wildman–Crippen MR) is 101 cm³/mol. The second kappa shape index (κ2) is 9.28. The van der Waals surface area contributed by atoms with Crippen LogP contribution < -0.4 is 10.6 Å². The van der Waals surface area contributed by atoms with Crippen LogP contribution in [0, 0.1) is 5.92 Å². The van der Waals surface area contributed by atoms with E-state index in [0.29, 0.717) is 18.0 Å². The lowest BCUT2D eigenvalue weighted by molar-refractivity contribution is 0.255. The summed E-state index contributed by atoms with van der Waals surface area (Å²) in [6.45, 7) is 12.9. The van der Waals surface area contributed by atoms with Crippen LogP contribution in [-0.4, -0.2) is 43.1 Å². The molecule has 0 aromatic carbocycles. The Bertz CT molecular complexity index is 463. The van der Waals surface area contributed by atoms with Crippen molar-refractivity contribution in [1.82, 2.24) is 15.5 Å². The van der Waals surface area contributed by atoms with Crippen molar-refractivity contribution in [3.05, 3.63) is 22.4 Å². The fourth-order valence-electron chi connectivity index (χ4n) is 2.80. The Kier molecular flexibility index (Phi) is 7.37. The van der Waals surface area contributed by atoms with Crippen LogP contribution in [0.3, 0.4) is 0 Å². The third-order valence-electron chi connectivity index (χ3n) is 4.58. The lowest BCUT2D eigenvalue weighted by atomic mass is 10.1. The van der Waals surface area contributed by atoms with Crippen LogP contribution in [0.4, 0.5) is 0 Å². The van der Waals surface area contributed by atoms with Crippen molar-refractivity contribution >= 4 is 17.3 Å². The predicted octanol–water partition coefficient (Wildman–Crippen LogP) is 3.48. The molecule has 0 bridgehead atoms. The van der Waals surface area contributed by atoms with E-state index in [9.17, 15) is 0 Å². The molecule has 2 atom stereocenters. The summed E-state index contributed by atoms with van der Waals surface area (Å²) in [5.74, 6) is 1.53. The van der Waals surface area contributed by atoms with Crippen molar-refractivity contribution in [3.8, 4) is 0 Å². The zero-order valence-electron chi connectivity index (χ0n) is 15.0. The summed E-state index contributed by atoms with van der Waals surface area (Å²) in [7, 11) is 0. The Hall–Kier alpha value is -1.07. The van der Waals surface area contributed by atoms with E-state index in [0.717, 1.165) is 19.0 Å². The van der Waals surface area contributed by atoms with Crippen molar-refractivity contribution < 1.29 is 0 Å². The Morgan fingerprint density at radius 1 is 1.30 bits per heavy atom. The van der Waals surface area contributed by atoms with E-state index in [1.165, 1.54) is 30.8 Å². The van der Waals surface area contributed by atoms with Gasteiger partial charge in [-0.05, 0) is 57.1 Å². The Balaban J connectivity index is 2.06. The lowest BCUT2D eigenvalue weighted by Gasteiger charge is -2.26. The quantitative estimate of drug-likeness (QED) is 0.591. The normalized spacial score (nSPS) is 19.1. The maximum Gasteiger partial charge on any atom is 0.191 e. The third-order valence-corrected chi connectivity index (χ3v) is 5.56. The van der Waals surface area contributed by atoms with E-state index in [1.54, 1.807) is 0 Å². The second-order valence-electron chi connectivity index (χ2n) is 6.67. The molecule has 1 fully saturated rings. The van der Waals surface area contributed by atoms with Gasteiger partial charge in [0.05, 0.1) is 12.6 Å². The Labute approximate surface area is 145 Å². The number of rotatable bonds is 7. The molecule has 2 N–H and O–H groups in total. The molecular formula is C18H32N4S. The molecule has 0 radical (unpaired) electrons. The number of hydrogen-bond acceptors (Lipinski definition) is 3. The van der Waals surface area contributed by atoms with Crippen LogP contribution >= 0.6 is 11.3 Å².